The number of likely N-dealkylation sites (tertiary alicyclic amines) is 1. The molecule has 2 aliphatic rings. The minimum Gasteiger partial charge on any atom is -0.465 e. The standard InChI is InChI=1S/C13H14ClF3N4O2/c14-11-9(13(15,16)17)3-10(19-20-11)18-8-1-6-4-21(12(22)23)5-7(6)2-8/h3,6-8H,1-2,4-5H2,(H,18,19)(H,22,23)/t6-,7+,8?. The van der Waals surface area contributed by atoms with E-state index in [0.717, 1.165) is 6.07 Å². The number of fused-ring (bicyclic) bond motifs is 1. The van der Waals surface area contributed by atoms with E-state index in [-0.39, 0.29) is 23.7 Å². The summed E-state index contributed by atoms with van der Waals surface area (Å²) < 4.78 is 38.4. The summed E-state index contributed by atoms with van der Waals surface area (Å²) in [5.74, 6) is 0.485. The van der Waals surface area contributed by atoms with E-state index in [1.165, 1.54) is 4.90 Å². The first-order valence-electron chi connectivity index (χ1n) is 7.09. The van der Waals surface area contributed by atoms with Gasteiger partial charge in [-0.15, -0.1) is 10.2 Å². The zero-order valence-corrected chi connectivity index (χ0v) is 12.6. The number of aromatic nitrogens is 2. The third-order valence-electron chi connectivity index (χ3n) is 4.43. The molecule has 0 radical (unpaired) electrons. The van der Waals surface area contributed by atoms with Crippen molar-refractivity contribution < 1.29 is 23.1 Å². The van der Waals surface area contributed by atoms with Crippen molar-refractivity contribution in [2.75, 3.05) is 18.4 Å². The molecule has 126 valence electrons. The molecule has 1 aromatic heterocycles. The van der Waals surface area contributed by atoms with E-state index in [9.17, 15) is 18.0 Å². The van der Waals surface area contributed by atoms with Crippen molar-refractivity contribution >= 4 is 23.5 Å². The van der Waals surface area contributed by atoms with Crippen molar-refractivity contribution in [2.24, 2.45) is 11.8 Å². The van der Waals surface area contributed by atoms with Gasteiger partial charge < -0.3 is 15.3 Å². The Morgan fingerprint density at radius 3 is 2.43 bits per heavy atom. The fourth-order valence-corrected chi connectivity index (χ4v) is 3.63. The van der Waals surface area contributed by atoms with Crippen LogP contribution >= 0.6 is 11.6 Å². The molecule has 2 heterocycles. The SMILES string of the molecule is O=C(O)N1C[C@H]2CC(Nc3cc(C(F)(F)F)c(Cl)nn3)C[C@H]2C1. The number of hydrogen-bond acceptors (Lipinski definition) is 4. The first-order chi connectivity index (χ1) is 10.7. The van der Waals surface area contributed by atoms with E-state index >= 15 is 0 Å². The van der Waals surface area contributed by atoms with Gasteiger partial charge >= 0.3 is 12.3 Å². The normalized spacial score (nSPS) is 27.1. The minimum absolute atomic E-state index is 0.0294. The second kappa shape index (κ2) is 5.70. The van der Waals surface area contributed by atoms with E-state index in [1.54, 1.807) is 0 Å². The number of amides is 1. The molecule has 1 aliphatic heterocycles. The maximum atomic E-state index is 12.8. The van der Waals surface area contributed by atoms with E-state index in [4.69, 9.17) is 16.7 Å². The Labute approximate surface area is 134 Å². The highest BCUT2D eigenvalue weighted by Gasteiger charge is 2.42. The van der Waals surface area contributed by atoms with Gasteiger partial charge in [-0.25, -0.2) is 4.79 Å². The minimum atomic E-state index is -4.59. The van der Waals surface area contributed by atoms with Crippen LogP contribution < -0.4 is 5.32 Å². The van der Waals surface area contributed by atoms with Gasteiger partial charge in [0.2, 0.25) is 0 Å². The van der Waals surface area contributed by atoms with Gasteiger partial charge in [-0.05, 0) is 30.7 Å². The van der Waals surface area contributed by atoms with Crippen LogP contribution in [0.4, 0.5) is 23.8 Å². The van der Waals surface area contributed by atoms with E-state index < -0.39 is 23.0 Å². The van der Waals surface area contributed by atoms with E-state index in [2.05, 4.69) is 15.5 Å². The Hall–Kier alpha value is -1.77. The van der Waals surface area contributed by atoms with Gasteiger partial charge in [0.1, 0.15) is 5.82 Å². The summed E-state index contributed by atoms with van der Waals surface area (Å²) in [7, 11) is 0. The molecule has 6 nitrogen and oxygen atoms in total. The van der Waals surface area contributed by atoms with Crippen LogP contribution in [0.3, 0.4) is 0 Å². The Bertz CT molecular complexity index is 614. The molecule has 1 unspecified atom stereocenters. The third kappa shape index (κ3) is 3.29. The van der Waals surface area contributed by atoms with Gasteiger partial charge in [0.05, 0.1) is 5.56 Å². The predicted molar refractivity (Wildman–Crippen MR) is 75.3 cm³/mol. The summed E-state index contributed by atoms with van der Waals surface area (Å²) >= 11 is 5.44. The summed E-state index contributed by atoms with van der Waals surface area (Å²) in [6.07, 6.45) is -4.13. The van der Waals surface area contributed by atoms with Crippen molar-refractivity contribution in [3.05, 3.63) is 16.8 Å². The average Bonchev–Trinajstić information content (AvgIpc) is 2.97. The molecule has 0 bridgehead atoms. The van der Waals surface area contributed by atoms with E-state index in [0.29, 0.717) is 25.9 Å². The second-order valence-corrected chi connectivity index (χ2v) is 6.31. The predicted octanol–water partition coefficient (Wildman–Crippen LogP) is 2.95. The lowest BCUT2D eigenvalue weighted by atomic mass is 10.0. The molecule has 0 spiro atoms. The molecule has 1 amide bonds. The Balaban J connectivity index is 1.65. The molecule has 3 atom stereocenters. The van der Waals surface area contributed by atoms with Gasteiger partial charge in [0.15, 0.2) is 5.15 Å². The van der Waals surface area contributed by atoms with Gasteiger partial charge in [-0.1, -0.05) is 11.6 Å². The van der Waals surface area contributed by atoms with E-state index in [1.807, 2.05) is 0 Å². The monoisotopic (exact) mass is 350 g/mol. The topological polar surface area (TPSA) is 78.4 Å². The number of anilines is 1. The molecule has 2 fully saturated rings. The molecular weight excluding hydrogens is 337 g/mol. The van der Waals surface area contributed by atoms with Gasteiger partial charge in [0, 0.05) is 19.1 Å². The highest BCUT2D eigenvalue weighted by Crippen LogP contribution is 2.40. The number of rotatable bonds is 2. The number of carbonyl (C=O) groups is 1. The molecule has 3 rings (SSSR count). The molecule has 1 aliphatic carbocycles. The molecule has 2 N–H and O–H groups in total. The summed E-state index contributed by atoms with van der Waals surface area (Å²) in [6, 6.07) is 0.810. The summed E-state index contributed by atoms with van der Waals surface area (Å²) in [4.78, 5) is 12.3. The highest BCUT2D eigenvalue weighted by atomic mass is 35.5. The highest BCUT2D eigenvalue weighted by molar-refractivity contribution is 6.30. The van der Waals surface area contributed by atoms with Crippen molar-refractivity contribution in [3.63, 3.8) is 0 Å². The molecule has 23 heavy (non-hydrogen) atoms. The van der Waals surface area contributed by atoms with Gasteiger partial charge in [-0.3, -0.25) is 0 Å². The van der Waals surface area contributed by atoms with Crippen LogP contribution in [-0.2, 0) is 6.18 Å². The van der Waals surface area contributed by atoms with Crippen molar-refractivity contribution in [1.29, 1.82) is 0 Å². The van der Waals surface area contributed by atoms with Crippen LogP contribution in [0.1, 0.15) is 18.4 Å². The van der Waals surface area contributed by atoms with Crippen LogP contribution in [0.15, 0.2) is 6.07 Å². The molecule has 10 heteroatoms. The van der Waals surface area contributed by atoms with Crippen molar-refractivity contribution in [3.8, 4) is 0 Å². The van der Waals surface area contributed by atoms with Gasteiger partial charge in [-0.2, -0.15) is 13.2 Å². The number of nitrogens with one attached hydrogen (secondary N) is 1. The van der Waals surface area contributed by atoms with Crippen LogP contribution in [0.2, 0.25) is 5.15 Å². The zero-order chi connectivity index (χ0) is 16.8. The molecule has 1 saturated heterocycles. The number of carboxylic acid groups (broad SMARTS) is 1. The fraction of sp³-hybridized carbons (Fsp3) is 0.615. The first-order valence-corrected chi connectivity index (χ1v) is 7.46. The Morgan fingerprint density at radius 2 is 1.91 bits per heavy atom. The molecule has 1 saturated carbocycles. The molecular formula is C13H14ClF3N4O2. The summed E-state index contributed by atoms with van der Waals surface area (Å²) in [5.41, 5.74) is -1.02. The van der Waals surface area contributed by atoms with Crippen LogP contribution in [0.25, 0.3) is 0 Å². The maximum absolute atomic E-state index is 12.8. The lowest BCUT2D eigenvalue weighted by Crippen LogP contribution is -2.29. The lowest BCUT2D eigenvalue weighted by Gasteiger charge is -2.18. The number of nitrogens with zero attached hydrogens (tertiary/aromatic N) is 3. The number of alkyl halides is 3. The third-order valence-corrected chi connectivity index (χ3v) is 4.71. The second-order valence-electron chi connectivity index (χ2n) is 5.95. The van der Waals surface area contributed by atoms with Crippen LogP contribution in [0, 0.1) is 11.8 Å². The lowest BCUT2D eigenvalue weighted by molar-refractivity contribution is -0.137. The molecule has 0 aromatic carbocycles. The first kappa shape index (κ1) is 16.1. The maximum Gasteiger partial charge on any atom is 0.419 e. The zero-order valence-electron chi connectivity index (χ0n) is 11.8. The average molecular weight is 351 g/mol. The largest absolute Gasteiger partial charge is 0.465 e. The summed E-state index contributed by atoms with van der Waals surface area (Å²) in [5, 5.41) is 18.3. The van der Waals surface area contributed by atoms with Gasteiger partial charge in [0.25, 0.3) is 0 Å². The van der Waals surface area contributed by atoms with Crippen LogP contribution in [-0.4, -0.2) is 45.4 Å². The van der Waals surface area contributed by atoms with Crippen molar-refractivity contribution in [2.45, 2.75) is 25.1 Å². The number of halogens is 4. The summed E-state index contributed by atoms with van der Waals surface area (Å²) in [6.45, 7) is 0.941. The fourth-order valence-electron chi connectivity index (χ4n) is 3.43. The van der Waals surface area contributed by atoms with Crippen molar-refractivity contribution in [1.82, 2.24) is 15.1 Å². The molecule has 1 aromatic rings. The number of hydrogen-bond donors (Lipinski definition) is 2. The van der Waals surface area contributed by atoms with Crippen LogP contribution in [0.5, 0.6) is 0 Å². The quantitative estimate of drug-likeness (QED) is 0.857. The Kier molecular flexibility index (Phi) is 3.99. The smallest absolute Gasteiger partial charge is 0.419 e. The Morgan fingerprint density at radius 1 is 1.30 bits per heavy atom.